The Labute approximate surface area is 138 Å². The molecule has 0 aliphatic heterocycles. The average molecular weight is 326 g/mol. The molecular weight excluding hydrogens is 308 g/mol. The lowest BCUT2D eigenvalue weighted by atomic mass is 10.1. The molecule has 2 aromatic carbocycles. The van der Waals surface area contributed by atoms with Gasteiger partial charge in [0.2, 0.25) is 5.91 Å². The molecule has 1 amide bonds. The number of carbonyl (C=O) groups is 1. The van der Waals surface area contributed by atoms with E-state index in [4.69, 9.17) is 9.15 Å². The summed E-state index contributed by atoms with van der Waals surface area (Å²) in [5.74, 6) is 0.0532. The van der Waals surface area contributed by atoms with Crippen molar-refractivity contribution in [3.8, 4) is 5.75 Å². The van der Waals surface area contributed by atoms with Gasteiger partial charge in [-0.15, -0.1) is 0 Å². The number of nitrogens with one attached hydrogen (secondary N) is 2. The molecule has 0 radical (unpaired) electrons. The Morgan fingerprint density at radius 3 is 2.88 bits per heavy atom. The van der Waals surface area contributed by atoms with E-state index in [1.807, 2.05) is 37.3 Å². The van der Waals surface area contributed by atoms with Crippen molar-refractivity contribution in [2.75, 3.05) is 12.4 Å². The number of hydrogen-bond donors (Lipinski definition) is 2. The van der Waals surface area contributed by atoms with Crippen molar-refractivity contribution in [1.82, 2.24) is 4.98 Å². The van der Waals surface area contributed by atoms with Crippen LogP contribution in [0.5, 0.6) is 5.75 Å². The molecule has 0 spiro atoms. The summed E-state index contributed by atoms with van der Waals surface area (Å²) in [5, 5.41) is 2.87. The first kappa shape index (κ1) is 15.9. The third-order valence-corrected chi connectivity index (χ3v) is 3.75. The third-order valence-electron chi connectivity index (χ3n) is 3.75. The highest BCUT2D eigenvalue weighted by atomic mass is 16.5. The molecule has 1 heterocycles. The molecule has 0 saturated heterocycles. The number of hydrogen-bond acceptors (Lipinski definition) is 4. The number of ether oxygens (including phenoxy) is 1. The van der Waals surface area contributed by atoms with Gasteiger partial charge in [0.1, 0.15) is 5.75 Å². The second-order valence-corrected chi connectivity index (χ2v) is 5.60. The Morgan fingerprint density at radius 1 is 1.25 bits per heavy atom. The lowest BCUT2D eigenvalue weighted by Crippen LogP contribution is -2.13. The molecule has 0 atom stereocenters. The number of fused-ring (bicyclic) bond motifs is 1. The van der Waals surface area contributed by atoms with Crippen molar-refractivity contribution in [2.24, 2.45) is 0 Å². The summed E-state index contributed by atoms with van der Waals surface area (Å²) >= 11 is 0. The lowest BCUT2D eigenvalue weighted by molar-refractivity contribution is -0.116. The normalized spacial score (nSPS) is 10.8. The van der Waals surface area contributed by atoms with Crippen LogP contribution in [0.1, 0.15) is 17.5 Å². The molecule has 6 heteroatoms. The van der Waals surface area contributed by atoms with E-state index in [9.17, 15) is 9.59 Å². The highest BCUT2D eigenvalue weighted by Crippen LogP contribution is 2.25. The number of H-pyrrole nitrogens is 1. The van der Waals surface area contributed by atoms with E-state index in [2.05, 4.69) is 10.3 Å². The van der Waals surface area contributed by atoms with E-state index in [0.717, 1.165) is 11.1 Å². The van der Waals surface area contributed by atoms with Crippen LogP contribution in [0.4, 0.5) is 5.69 Å². The number of amides is 1. The molecule has 3 rings (SSSR count). The molecule has 1 aromatic heterocycles. The van der Waals surface area contributed by atoms with Gasteiger partial charge in [-0.2, -0.15) is 0 Å². The summed E-state index contributed by atoms with van der Waals surface area (Å²) in [4.78, 5) is 26.0. The molecule has 0 aliphatic carbocycles. The molecule has 24 heavy (non-hydrogen) atoms. The van der Waals surface area contributed by atoms with Crippen LogP contribution in [0.2, 0.25) is 0 Å². The molecule has 3 aromatic rings. The summed E-state index contributed by atoms with van der Waals surface area (Å²) in [6, 6.07) is 11.0. The Balaban J connectivity index is 1.66. The third kappa shape index (κ3) is 3.48. The average Bonchev–Trinajstić information content (AvgIpc) is 2.92. The molecule has 124 valence electrons. The predicted octanol–water partition coefficient (Wildman–Crippen LogP) is 3.01. The zero-order valence-corrected chi connectivity index (χ0v) is 13.5. The van der Waals surface area contributed by atoms with Crippen molar-refractivity contribution in [3.05, 3.63) is 58.1 Å². The van der Waals surface area contributed by atoms with Crippen molar-refractivity contribution < 1.29 is 13.9 Å². The van der Waals surface area contributed by atoms with Gasteiger partial charge in [-0.05, 0) is 48.7 Å². The summed E-state index contributed by atoms with van der Waals surface area (Å²) in [6.45, 7) is 1.95. The zero-order valence-electron chi connectivity index (χ0n) is 13.5. The predicted molar refractivity (Wildman–Crippen MR) is 91.5 cm³/mol. The Hall–Kier alpha value is -3.02. The molecular formula is C18H18N2O4. The van der Waals surface area contributed by atoms with Crippen molar-refractivity contribution in [2.45, 2.75) is 19.8 Å². The fourth-order valence-corrected chi connectivity index (χ4v) is 2.54. The van der Waals surface area contributed by atoms with Crippen LogP contribution < -0.4 is 15.8 Å². The topological polar surface area (TPSA) is 84.3 Å². The van der Waals surface area contributed by atoms with E-state index < -0.39 is 5.76 Å². The van der Waals surface area contributed by atoms with Gasteiger partial charge >= 0.3 is 5.76 Å². The van der Waals surface area contributed by atoms with Crippen LogP contribution in [0.3, 0.4) is 0 Å². The van der Waals surface area contributed by atoms with E-state index in [1.54, 1.807) is 13.2 Å². The molecule has 0 fully saturated rings. The summed E-state index contributed by atoms with van der Waals surface area (Å²) in [6.07, 6.45) is 0.883. The van der Waals surface area contributed by atoms with Crippen LogP contribution in [0.25, 0.3) is 11.1 Å². The first-order valence-electron chi connectivity index (χ1n) is 7.61. The molecule has 2 N–H and O–H groups in total. The minimum atomic E-state index is -0.480. The van der Waals surface area contributed by atoms with Crippen LogP contribution in [-0.2, 0) is 11.2 Å². The van der Waals surface area contributed by atoms with Gasteiger partial charge in [-0.3, -0.25) is 9.78 Å². The number of anilines is 1. The number of benzene rings is 2. The largest absolute Gasteiger partial charge is 0.495 e. The van der Waals surface area contributed by atoms with E-state index in [1.165, 1.54) is 0 Å². The first-order chi connectivity index (χ1) is 11.5. The van der Waals surface area contributed by atoms with Gasteiger partial charge in [0, 0.05) is 6.42 Å². The van der Waals surface area contributed by atoms with Crippen LogP contribution in [0, 0.1) is 6.92 Å². The zero-order chi connectivity index (χ0) is 17.1. The summed E-state index contributed by atoms with van der Waals surface area (Å²) in [5.41, 5.74) is 3.81. The fraction of sp³-hybridized carbons (Fsp3) is 0.222. The number of carbonyl (C=O) groups excluding carboxylic acids is 1. The standard InChI is InChI=1S/C18H18N2O4/c1-11-3-6-15(23-2)13(9-11)19-17(21)8-5-12-4-7-16-14(10-12)20-18(22)24-16/h3-4,6-7,9-10H,5,8H2,1-2H3,(H,19,21)(H,20,22). The smallest absolute Gasteiger partial charge is 0.417 e. The number of aromatic nitrogens is 1. The van der Waals surface area contributed by atoms with E-state index in [-0.39, 0.29) is 5.91 Å². The highest BCUT2D eigenvalue weighted by molar-refractivity contribution is 5.92. The maximum Gasteiger partial charge on any atom is 0.417 e. The maximum atomic E-state index is 12.2. The van der Waals surface area contributed by atoms with Gasteiger partial charge in [0.05, 0.1) is 18.3 Å². The van der Waals surface area contributed by atoms with Crippen molar-refractivity contribution in [3.63, 3.8) is 0 Å². The van der Waals surface area contributed by atoms with Gasteiger partial charge in [0.25, 0.3) is 0 Å². The second kappa shape index (κ2) is 6.62. The molecule has 0 bridgehead atoms. The maximum absolute atomic E-state index is 12.2. The van der Waals surface area contributed by atoms with Crippen LogP contribution in [0.15, 0.2) is 45.6 Å². The first-order valence-corrected chi connectivity index (χ1v) is 7.61. The minimum Gasteiger partial charge on any atom is -0.495 e. The number of aromatic amines is 1. The molecule has 0 aliphatic rings. The Morgan fingerprint density at radius 2 is 2.08 bits per heavy atom. The van der Waals surface area contributed by atoms with Crippen LogP contribution >= 0.6 is 0 Å². The molecule has 0 saturated carbocycles. The van der Waals surface area contributed by atoms with E-state index in [0.29, 0.717) is 35.4 Å². The summed E-state index contributed by atoms with van der Waals surface area (Å²) < 4.78 is 10.2. The monoisotopic (exact) mass is 326 g/mol. The number of aryl methyl sites for hydroxylation is 2. The summed E-state index contributed by atoms with van der Waals surface area (Å²) in [7, 11) is 1.57. The minimum absolute atomic E-state index is 0.0975. The number of methoxy groups -OCH3 is 1. The molecule has 0 unspecified atom stereocenters. The van der Waals surface area contributed by atoms with E-state index >= 15 is 0 Å². The number of oxazole rings is 1. The van der Waals surface area contributed by atoms with Gasteiger partial charge < -0.3 is 14.5 Å². The lowest BCUT2D eigenvalue weighted by Gasteiger charge is -2.11. The van der Waals surface area contributed by atoms with Crippen LogP contribution in [-0.4, -0.2) is 18.0 Å². The Kier molecular flexibility index (Phi) is 4.37. The second-order valence-electron chi connectivity index (χ2n) is 5.60. The SMILES string of the molecule is COc1ccc(C)cc1NC(=O)CCc1ccc2oc(=O)[nH]c2c1. The van der Waals surface area contributed by atoms with Crippen molar-refractivity contribution in [1.29, 1.82) is 0 Å². The quantitative estimate of drug-likeness (QED) is 0.755. The fourth-order valence-electron chi connectivity index (χ4n) is 2.54. The molecule has 6 nitrogen and oxygen atoms in total. The van der Waals surface area contributed by atoms with Gasteiger partial charge in [0.15, 0.2) is 5.58 Å². The highest BCUT2D eigenvalue weighted by Gasteiger charge is 2.09. The van der Waals surface area contributed by atoms with Gasteiger partial charge in [-0.25, -0.2) is 4.79 Å². The number of rotatable bonds is 5. The van der Waals surface area contributed by atoms with Gasteiger partial charge in [-0.1, -0.05) is 12.1 Å². The Bertz CT molecular complexity index is 940. The van der Waals surface area contributed by atoms with Crippen molar-refractivity contribution >= 4 is 22.7 Å².